The second-order valence-electron chi connectivity index (χ2n) is 12.5. The van der Waals surface area contributed by atoms with Crippen molar-refractivity contribution in [3.63, 3.8) is 0 Å². The summed E-state index contributed by atoms with van der Waals surface area (Å²) in [5, 5.41) is 0. The van der Waals surface area contributed by atoms with E-state index in [1.54, 1.807) is 12.1 Å². The number of benzene rings is 1. The zero-order chi connectivity index (χ0) is 22.6. The minimum atomic E-state index is 0. The molecule has 5 fully saturated rings. The van der Waals surface area contributed by atoms with Gasteiger partial charge in [0.2, 0.25) is 0 Å². The molecule has 1 aromatic carbocycles. The molecule has 2 nitrogen and oxygen atoms in total. The molecule has 4 bridgehead atoms. The van der Waals surface area contributed by atoms with Crippen LogP contribution in [0.3, 0.4) is 0 Å². The Hall–Kier alpha value is -0.280. The Morgan fingerprint density at radius 2 is 1.29 bits per heavy atom. The number of nitrogens with two attached hydrogens (primary N) is 1. The van der Waals surface area contributed by atoms with Crippen LogP contribution >= 0.6 is 0 Å². The van der Waals surface area contributed by atoms with Gasteiger partial charge in [-0.05, 0) is 98.0 Å². The Morgan fingerprint density at radius 3 is 1.68 bits per heavy atom. The van der Waals surface area contributed by atoms with Crippen LogP contribution in [0.1, 0.15) is 131 Å². The second-order valence-corrected chi connectivity index (χ2v) is 12.5. The third-order valence-corrected chi connectivity index (χ3v) is 9.53. The predicted octanol–water partition coefficient (Wildman–Crippen LogP) is 10.3. The number of hydrogen-bond acceptors (Lipinski definition) is 1. The van der Waals surface area contributed by atoms with Gasteiger partial charge in [0, 0.05) is 33.6 Å². The van der Waals surface area contributed by atoms with Gasteiger partial charge in [-0.15, -0.1) is 0 Å². The zero-order valence-corrected chi connectivity index (χ0v) is 24.7. The van der Waals surface area contributed by atoms with Gasteiger partial charge in [-0.25, -0.2) is 6.54 Å². The summed E-state index contributed by atoms with van der Waals surface area (Å²) in [6.07, 6.45) is 10.2. The first-order chi connectivity index (χ1) is 14.7. The van der Waals surface area contributed by atoms with Crippen molar-refractivity contribution in [2.45, 2.75) is 125 Å². The van der Waals surface area contributed by atoms with E-state index in [-0.39, 0.29) is 41.5 Å². The van der Waals surface area contributed by atoms with Crippen LogP contribution in [-0.4, -0.2) is 5.54 Å². The van der Waals surface area contributed by atoms with Crippen molar-refractivity contribution < 1.29 is 22.4 Å². The maximum Gasteiger partial charge on any atom is 0.0145 e. The first-order valence-electron chi connectivity index (χ1n) is 13.4. The molecule has 1 heterocycles. The van der Waals surface area contributed by atoms with Gasteiger partial charge in [-0.1, -0.05) is 73.6 Å². The molecule has 201 valence electrons. The molecule has 1 aliphatic heterocycles. The standard InChI is InChI=1S/C27H40N.C3H8.CH4.Au.H2N/c1-17(2)23-8-7-9-24(18(3)4)25(23)28-11-10-27(26(28,5)6)21-13-19-12-20(15-21)16-22(27)14-19;1-3-2;;;/h7-9,11,17-22H,10,12-16H2,1-6H3;3H2,1-2H3;1H4;;1H2/q-1;;;;-1. The summed E-state index contributed by atoms with van der Waals surface area (Å²) in [6.45, 7) is 21.5. The van der Waals surface area contributed by atoms with E-state index in [0.29, 0.717) is 17.3 Å². The summed E-state index contributed by atoms with van der Waals surface area (Å²) in [7, 11) is 0. The molecule has 5 aliphatic rings. The van der Waals surface area contributed by atoms with Gasteiger partial charge in [0.1, 0.15) is 0 Å². The van der Waals surface area contributed by atoms with Crippen molar-refractivity contribution in [1.82, 2.24) is 0 Å². The quantitative estimate of drug-likeness (QED) is 0.237. The van der Waals surface area contributed by atoms with Gasteiger partial charge >= 0.3 is 0 Å². The summed E-state index contributed by atoms with van der Waals surface area (Å²) < 4.78 is 0. The molecule has 1 aromatic rings. The number of hydrogen-bond donors (Lipinski definition) is 0. The molecular formula is C31H54AuN2-2. The minimum Gasteiger partial charge on any atom is -0.693 e. The summed E-state index contributed by atoms with van der Waals surface area (Å²) in [4.78, 5) is 2.78. The molecule has 3 heteroatoms. The van der Waals surface area contributed by atoms with Gasteiger partial charge in [-0.2, -0.15) is 6.42 Å². The molecule has 4 saturated carbocycles. The van der Waals surface area contributed by atoms with E-state index in [1.165, 1.54) is 49.7 Å². The largest absolute Gasteiger partial charge is 0.693 e. The molecule has 6 rings (SSSR count). The molecule has 1 radical (unpaired) electrons. The Bertz CT molecular complexity index is 727. The smallest absolute Gasteiger partial charge is 0.0145 e. The molecular weight excluding hydrogens is 597 g/mol. The SMILES string of the molecule is C.CC(C)c1cccc(C(C)C)c1N1[CH-]CC2(C3CC4CC(C3)CC2C4)C1(C)C.CCC.[Au].[NH2-]. The van der Waals surface area contributed by atoms with Crippen molar-refractivity contribution in [2.24, 2.45) is 29.1 Å². The third-order valence-electron chi connectivity index (χ3n) is 9.53. The maximum atomic E-state index is 2.78. The van der Waals surface area contributed by atoms with Crippen LogP contribution in [0.15, 0.2) is 18.2 Å². The molecule has 1 saturated heterocycles. The molecule has 0 atom stereocenters. The van der Waals surface area contributed by atoms with Gasteiger partial charge in [0.15, 0.2) is 0 Å². The predicted molar refractivity (Wildman–Crippen MR) is 148 cm³/mol. The van der Waals surface area contributed by atoms with Crippen molar-refractivity contribution in [2.75, 3.05) is 4.90 Å². The minimum absolute atomic E-state index is 0. The molecule has 1 spiro atoms. The average molecular weight is 652 g/mol. The van der Waals surface area contributed by atoms with Gasteiger partial charge < -0.3 is 11.1 Å². The van der Waals surface area contributed by atoms with Crippen LogP contribution in [-0.2, 0) is 22.4 Å². The van der Waals surface area contributed by atoms with Crippen molar-refractivity contribution in [3.05, 3.63) is 42.0 Å². The number of rotatable bonds is 3. The summed E-state index contributed by atoms with van der Waals surface area (Å²) in [5.74, 6) is 5.13. The van der Waals surface area contributed by atoms with Gasteiger partial charge in [0.05, 0.1) is 0 Å². The summed E-state index contributed by atoms with van der Waals surface area (Å²) >= 11 is 0. The van der Waals surface area contributed by atoms with Crippen LogP contribution in [0.25, 0.3) is 6.15 Å². The van der Waals surface area contributed by atoms with E-state index in [1.807, 2.05) is 0 Å². The first-order valence-corrected chi connectivity index (χ1v) is 13.4. The monoisotopic (exact) mass is 651 g/mol. The zero-order valence-electron chi connectivity index (χ0n) is 22.5. The molecule has 2 N–H and O–H groups in total. The molecule has 0 unspecified atom stereocenters. The van der Waals surface area contributed by atoms with Crippen LogP contribution < -0.4 is 4.90 Å². The van der Waals surface area contributed by atoms with Gasteiger partial charge in [-0.3, -0.25) is 0 Å². The fraction of sp³-hybridized carbons (Fsp3) is 0.774. The fourth-order valence-corrected chi connectivity index (χ4v) is 8.46. The molecule has 4 aliphatic carbocycles. The molecule has 34 heavy (non-hydrogen) atoms. The van der Waals surface area contributed by atoms with E-state index < -0.39 is 0 Å². The van der Waals surface area contributed by atoms with E-state index in [2.05, 4.69) is 85.0 Å². The van der Waals surface area contributed by atoms with Crippen LogP contribution in [0.4, 0.5) is 5.69 Å². The first kappa shape index (κ1) is 31.7. The molecule has 0 amide bonds. The van der Waals surface area contributed by atoms with Crippen molar-refractivity contribution in [3.8, 4) is 0 Å². The third kappa shape index (κ3) is 4.83. The topological polar surface area (TPSA) is 36.7 Å². The second kappa shape index (κ2) is 11.8. The Labute approximate surface area is 228 Å². The molecule has 0 aromatic heterocycles. The average Bonchev–Trinajstić information content (AvgIpc) is 2.96. The number of anilines is 1. The van der Waals surface area contributed by atoms with Crippen LogP contribution in [0, 0.1) is 35.6 Å². The van der Waals surface area contributed by atoms with E-state index in [9.17, 15) is 0 Å². The van der Waals surface area contributed by atoms with Crippen molar-refractivity contribution in [1.29, 1.82) is 0 Å². The fourth-order valence-electron chi connectivity index (χ4n) is 8.46. The van der Waals surface area contributed by atoms with E-state index in [0.717, 1.165) is 23.7 Å². The number of para-hydroxylation sites is 1. The Morgan fingerprint density at radius 1 is 0.882 bits per heavy atom. The number of nitrogens with zero attached hydrogens (tertiary/aromatic N) is 1. The normalized spacial score (nSPS) is 32.1. The van der Waals surface area contributed by atoms with E-state index in [4.69, 9.17) is 0 Å². The summed E-state index contributed by atoms with van der Waals surface area (Å²) in [5.41, 5.74) is 5.33. The van der Waals surface area contributed by atoms with E-state index >= 15 is 0 Å². The Balaban J connectivity index is 0.000000918. The maximum absolute atomic E-state index is 2.78. The van der Waals surface area contributed by atoms with Crippen molar-refractivity contribution >= 4 is 5.69 Å². The summed E-state index contributed by atoms with van der Waals surface area (Å²) in [6, 6.07) is 7.06. The van der Waals surface area contributed by atoms with Gasteiger partial charge in [0.25, 0.3) is 0 Å². The van der Waals surface area contributed by atoms with Crippen LogP contribution in [0.2, 0.25) is 0 Å². The Kier molecular flexibility index (Phi) is 11.1. The van der Waals surface area contributed by atoms with Crippen LogP contribution in [0.5, 0.6) is 0 Å².